The molecule has 5 heteroatoms. The number of hydrogen-bond donors (Lipinski definition) is 3. The van der Waals surface area contributed by atoms with Crippen LogP contribution >= 0.6 is 0 Å². The van der Waals surface area contributed by atoms with Crippen molar-refractivity contribution in [3.63, 3.8) is 0 Å². The number of hydrogen-bond acceptors (Lipinski definition) is 5. The van der Waals surface area contributed by atoms with Crippen molar-refractivity contribution in [1.29, 1.82) is 0 Å². The first-order valence-corrected chi connectivity index (χ1v) is 7.22. The van der Waals surface area contributed by atoms with E-state index in [9.17, 15) is 0 Å². The van der Waals surface area contributed by atoms with Crippen LogP contribution in [0.3, 0.4) is 0 Å². The van der Waals surface area contributed by atoms with Gasteiger partial charge in [0, 0.05) is 12.1 Å². The van der Waals surface area contributed by atoms with Gasteiger partial charge in [0.1, 0.15) is 17.5 Å². The third-order valence-electron chi connectivity index (χ3n) is 3.63. The minimum absolute atomic E-state index is 0.508. The molecule has 2 aromatic rings. The Bertz CT molecular complexity index is 583. The molecule has 1 aromatic carbocycles. The molecule has 0 aliphatic rings. The lowest BCUT2D eigenvalue weighted by Crippen LogP contribution is -2.15. The Kier molecular flexibility index (Phi) is 5.11. The Morgan fingerprint density at radius 2 is 1.76 bits per heavy atom. The molecule has 21 heavy (non-hydrogen) atoms. The Morgan fingerprint density at radius 1 is 1.10 bits per heavy atom. The molecule has 1 heterocycles. The lowest BCUT2D eigenvalue weighted by Gasteiger charge is -2.15. The summed E-state index contributed by atoms with van der Waals surface area (Å²) in [5.74, 6) is 8.19. The molecule has 0 aliphatic carbocycles. The number of rotatable bonds is 6. The van der Waals surface area contributed by atoms with Gasteiger partial charge in [-0.15, -0.1) is 0 Å². The van der Waals surface area contributed by atoms with Gasteiger partial charge >= 0.3 is 0 Å². The molecule has 2 rings (SSSR count). The van der Waals surface area contributed by atoms with E-state index in [2.05, 4.69) is 51.9 Å². The van der Waals surface area contributed by atoms with Gasteiger partial charge < -0.3 is 10.7 Å². The van der Waals surface area contributed by atoms with Gasteiger partial charge in [0.2, 0.25) is 0 Å². The van der Waals surface area contributed by atoms with E-state index in [1.54, 1.807) is 0 Å². The molecule has 0 saturated heterocycles. The van der Waals surface area contributed by atoms with Crippen molar-refractivity contribution in [3.8, 4) is 0 Å². The van der Waals surface area contributed by atoms with Crippen molar-refractivity contribution in [2.45, 2.75) is 33.1 Å². The van der Waals surface area contributed by atoms with Crippen molar-refractivity contribution in [2.24, 2.45) is 5.84 Å². The molecular weight excluding hydrogens is 262 g/mol. The van der Waals surface area contributed by atoms with Crippen LogP contribution in [0.5, 0.6) is 0 Å². The normalized spacial score (nSPS) is 12.0. The molecular formula is C16H23N5. The van der Waals surface area contributed by atoms with E-state index in [1.165, 1.54) is 5.56 Å². The Hall–Kier alpha value is -2.14. The SMILES string of the molecule is Cc1nc(NN)c(C)c(NCCC(C)c2ccccc2)n1. The molecule has 0 amide bonds. The zero-order chi connectivity index (χ0) is 15.2. The maximum Gasteiger partial charge on any atom is 0.148 e. The fourth-order valence-electron chi connectivity index (χ4n) is 2.30. The van der Waals surface area contributed by atoms with E-state index in [0.29, 0.717) is 17.6 Å². The second-order valence-electron chi connectivity index (χ2n) is 5.26. The quantitative estimate of drug-likeness (QED) is 0.562. The largest absolute Gasteiger partial charge is 0.370 e. The molecule has 0 aliphatic heterocycles. The van der Waals surface area contributed by atoms with Crippen LogP contribution < -0.4 is 16.6 Å². The van der Waals surface area contributed by atoms with Crippen LogP contribution in [0.1, 0.15) is 36.2 Å². The highest BCUT2D eigenvalue weighted by Crippen LogP contribution is 2.21. The molecule has 0 radical (unpaired) electrons. The molecule has 0 spiro atoms. The van der Waals surface area contributed by atoms with Gasteiger partial charge in [0.25, 0.3) is 0 Å². The van der Waals surface area contributed by atoms with Crippen molar-refractivity contribution in [1.82, 2.24) is 9.97 Å². The minimum atomic E-state index is 0.508. The van der Waals surface area contributed by atoms with Crippen molar-refractivity contribution < 1.29 is 0 Å². The van der Waals surface area contributed by atoms with Crippen LogP contribution in [0.25, 0.3) is 0 Å². The van der Waals surface area contributed by atoms with Crippen molar-refractivity contribution >= 4 is 11.6 Å². The molecule has 0 fully saturated rings. The van der Waals surface area contributed by atoms with Crippen LogP contribution in [-0.2, 0) is 0 Å². The number of nitrogen functional groups attached to an aromatic ring is 1. The number of aromatic nitrogens is 2. The predicted octanol–water partition coefficient (Wildman–Crippen LogP) is 2.98. The standard InChI is InChI=1S/C16H23N5/c1-11(14-7-5-4-6-8-14)9-10-18-15-12(2)16(21-17)20-13(3)19-15/h4-8,11H,9-10,17H2,1-3H3,(H2,18,19,20,21). The molecule has 1 aromatic heterocycles. The third-order valence-corrected chi connectivity index (χ3v) is 3.63. The fourth-order valence-corrected chi connectivity index (χ4v) is 2.30. The van der Waals surface area contributed by atoms with Crippen LogP contribution in [0.4, 0.5) is 11.6 Å². The number of anilines is 2. The molecule has 1 atom stereocenters. The lowest BCUT2D eigenvalue weighted by atomic mass is 9.98. The van der Waals surface area contributed by atoms with E-state index in [4.69, 9.17) is 5.84 Å². The number of nitrogens with one attached hydrogen (secondary N) is 2. The highest BCUT2D eigenvalue weighted by molar-refractivity contribution is 5.56. The minimum Gasteiger partial charge on any atom is -0.370 e. The molecule has 4 N–H and O–H groups in total. The lowest BCUT2D eigenvalue weighted by molar-refractivity contribution is 0.704. The second-order valence-corrected chi connectivity index (χ2v) is 5.26. The van der Waals surface area contributed by atoms with E-state index in [-0.39, 0.29) is 0 Å². The van der Waals surface area contributed by atoms with E-state index in [1.807, 2.05) is 19.9 Å². The zero-order valence-corrected chi connectivity index (χ0v) is 12.9. The zero-order valence-electron chi connectivity index (χ0n) is 12.9. The van der Waals surface area contributed by atoms with Gasteiger partial charge in [-0.1, -0.05) is 37.3 Å². The first kappa shape index (κ1) is 15.3. The smallest absolute Gasteiger partial charge is 0.148 e. The topological polar surface area (TPSA) is 75.9 Å². The molecule has 0 saturated carbocycles. The van der Waals surface area contributed by atoms with Crippen LogP contribution in [0.15, 0.2) is 30.3 Å². The van der Waals surface area contributed by atoms with Crippen LogP contribution in [0, 0.1) is 13.8 Å². The monoisotopic (exact) mass is 285 g/mol. The van der Waals surface area contributed by atoms with Gasteiger partial charge in [0.15, 0.2) is 0 Å². The fraction of sp³-hybridized carbons (Fsp3) is 0.375. The first-order chi connectivity index (χ1) is 10.1. The van der Waals surface area contributed by atoms with Crippen molar-refractivity contribution in [2.75, 3.05) is 17.3 Å². The summed E-state index contributed by atoms with van der Waals surface area (Å²) in [7, 11) is 0. The van der Waals surface area contributed by atoms with Crippen LogP contribution in [0.2, 0.25) is 0 Å². The average Bonchev–Trinajstić information content (AvgIpc) is 2.51. The second kappa shape index (κ2) is 7.04. The highest BCUT2D eigenvalue weighted by Gasteiger charge is 2.09. The van der Waals surface area contributed by atoms with Gasteiger partial charge in [-0.2, -0.15) is 0 Å². The number of nitrogens with zero attached hydrogens (tertiary/aromatic N) is 2. The maximum absolute atomic E-state index is 5.47. The van der Waals surface area contributed by atoms with E-state index in [0.717, 1.165) is 24.3 Å². The third kappa shape index (κ3) is 3.92. The Labute approximate surface area is 126 Å². The summed E-state index contributed by atoms with van der Waals surface area (Å²) in [4.78, 5) is 8.69. The van der Waals surface area contributed by atoms with Gasteiger partial charge in [-0.25, -0.2) is 15.8 Å². The molecule has 0 bridgehead atoms. The summed E-state index contributed by atoms with van der Waals surface area (Å²) in [5.41, 5.74) is 4.91. The summed E-state index contributed by atoms with van der Waals surface area (Å²) in [6.07, 6.45) is 1.04. The average molecular weight is 285 g/mol. The first-order valence-electron chi connectivity index (χ1n) is 7.22. The summed E-state index contributed by atoms with van der Waals surface area (Å²) < 4.78 is 0. The summed E-state index contributed by atoms with van der Waals surface area (Å²) in [6, 6.07) is 10.5. The predicted molar refractivity (Wildman–Crippen MR) is 87.3 cm³/mol. The molecule has 5 nitrogen and oxygen atoms in total. The number of aryl methyl sites for hydroxylation is 1. The number of nitrogens with two attached hydrogens (primary N) is 1. The Balaban J connectivity index is 1.96. The summed E-state index contributed by atoms with van der Waals surface area (Å²) in [6.45, 7) is 6.91. The van der Waals surface area contributed by atoms with Gasteiger partial charge in [-0.3, -0.25) is 0 Å². The highest BCUT2D eigenvalue weighted by atomic mass is 15.3. The summed E-state index contributed by atoms with van der Waals surface area (Å²) in [5, 5.41) is 3.38. The summed E-state index contributed by atoms with van der Waals surface area (Å²) >= 11 is 0. The van der Waals surface area contributed by atoms with E-state index < -0.39 is 0 Å². The van der Waals surface area contributed by atoms with Gasteiger partial charge in [-0.05, 0) is 31.7 Å². The molecule has 1 unspecified atom stereocenters. The Morgan fingerprint density at radius 3 is 2.43 bits per heavy atom. The number of hydrazine groups is 1. The number of benzene rings is 1. The van der Waals surface area contributed by atoms with Crippen molar-refractivity contribution in [3.05, 3.63) is 47.3 Å². The molecule has 112 valence electrons. The van der Waals surface area contributed by atoms with Crippen LogP contribution in [-0.4, -0.2) is 16.5 Å². The van der Waals surface area contributed by atoms with E-state index >= 15 is 0 Å². The maximum atomic E-state index is 5.47. The van der Waals surface area contributed by atoms with Gasteiger partial charge in [0.05, 0.1) is 0 Å².